The van der Waals surface area contributed by atoms with Crippen LogP contribution in [0.2, 0.25) is 0 Å². The Bertz CT molecular complexity index is 596. The number of hydrogen-bond acceptors (Lipinski definition) is 3. The third kappa shape index (κ3) is 3.88. The van der Waals surface area contributed by atoms with Gasteiger partial charge >= 0.3 is 0 Å². The van der Waals surface area contributed by atoms with Gasteiger partial charge in [0, 0.05) is 5.56 Å². The standard InChI is InChI=1S/C19H20O3/c20-13-15-5-9-17(10-6-15)21-14-16-7-11-19(12-8-16)22-18-3-1-2-4-18/h5-13,18H,1-4,14H2. The van der Waals surface area contributed by atoms with Crippen molar-refractivity contribution in [2.75, 3.05) is 0 Å². The van der Waals surface area contributed by atoms with Crippen LogP contribution in [0.3, 0.4) is 0 Å². The first-order valence-corrected chi connectivity index (χ1v) is 7.77. The molecule has 0 N–H and O–H groups in total. The second-order valence-electron chi connectivity index (χ2n) is 5.64. The van der Waals surface area contributed by atoms with E-state index in [1.54, 1.807) is 24.3 Å². The smallest absolute Gasteiger partial charge is 0.150 e. The molecule has 0 radical (unpaired) electrons. The lowest BCUT2D eigenvalue weighted by atomic mass is 10.2. The average Bonchev–Trinajstić information content (AvgIpc) is 3.08. The average molecular weight is 296 g/mol. The van der Waals surface area contributed by atoms with Crippen molar-refractivity contribution in [2.24, 2.45) is 0 Å². The fourth-order valence-corrected chi connectivity index (χ4v) is 2.67. The van der Waals surface area contributed by atoms with E-state index >= 15 is 0 Å². The zero-order chi connectivity index (χ0) is 15.2. The quantitative estimate of drug-likeness (QED) is 0.741. The molecule has 1 aliphatic rings. The highest BCUT2D eigenvalue weighted by atomic mass is 16.5. The first-order chi connectivity index (χ1) is 10.8. The van der Waals surface area contributed by atoms with Gasteiger partial charge in [-0.05, 0) is 67.6 Å². The van der Waals surface area contributed by atoms with Crippen LogP contribution in [-0.4, -0.2) is 12.4 Å². The molecule has 2 aromatic rings. The van der Waals surface area contributed by atoms with E-state index in [2.05, 4.69) is 0 Å². The molecule has 0 amide bonds. The van der Waals surface area contributed by atoms with Gasteiger partial charge in [-0.1, -0.05) is 12.1 Å². The molecule has 0 heterocycles. The summed E-state index contributed by atoms with van der Waals surface area (Å²) in [6.45, 7) is 0.504. The Hall–Kier alpha value is -2.29. The van der Waals surface area contributed by atoms with Crippen LogP contribution in [0.15, 0.2) is 48.5 Å². The van der Waals surface area contributed by atoms with Crippen molar-refractivity contribution < 1.29 is 14.3 Å². The molecule has 1 fully saturated rings. The minimum atomic E-state index is 0.387. The van der Waals surface area contributed by atoms with Crippen LogP contribution in [-0.2, 0) is 6.61 Å². The lowest BCUT2D eigenvalue weighted by Gasteiger charge is -2.13. The Morgan fingerprint density at radius 3 is 2.18 bits per heavy atom. The zero-order valence-corrected chi connectivity index (χ0v) is 12.5. The third-order valence-electron chi connectivity index (χ3n) is 3.95. The molecule has 114 valence electrons. The van der Waals surface area contributed by atoms with Crippen molar-refractivity contribution >= 4 is 6.29 Å². The largest absolute Gasteiger partial charge is 0.490 e. The van der Waals surface area contributed by atoms with Gasteiger partial charge in [0.25, 0.3) is 0 Å². The monoisotopic (exact) mass is 296 g/mol. The van der Waals surface area contributed by atoms with Gasteiger partial charge in [0.2, 0.25) is 0 Å². The normalized spacial score (nSPS) is 14.7. The molecule has 0 aromatic heterocycles. The first kappa shape index (κ1) is 14.6. The maximum Gasteiger partial charge on any atom is 0.150 e. The molecule has 1 aliphatic carbocycles. The topological polar surface area (TPSA) is 35.5 Å². The summed E-state index contributed by atoms with van der Waals surface area (Å²) in [5, 5.41) is 0. The van der Waals surface area contributed by atoms with Gasteiger partial charge < -0.3 is 9.47 Å². The molecular weight excluding hydrogens is 276 g/mol. The van der Waals surface area contributed by atoms with Gasteiger partial charge in [0.05, 0.1) is 6.10 Å². The molecule has 22 heavy (non-hydrogen) atoms. The number of carbonyl (C=O) groups excluding carboxylic acids is 1. The molecule has 3 rings (SSSR count). The van der Waals surface area contributed by atoms with Crippen molar-refractivity contribution in [2.45, 2.75) is 38.4 Å². The van der Waals surface area contributed by atoms with Gasteiger partial charge in [-0.15, -0.1) is 0 Å². The lowest BCUT2D eigenvalue weighted by Crippen LogP contribution is -2.10. The summed E-state index contributed by atoms with van der Waals surface area (Å²) < 4.78 is 11.7. The van der Waals surface area contributed by atoms with Crippen molar-refractivity contribution in [3.05, 3.63) is 59.7 Å². The third-order valence-corrected chi connectivity index (χ3v) is 3.95. The Balaban J connectivity index is 1.52. The van der Waals surface area contributed by atoms with E-state index in [1.165, 1.54) is 25.7 Å². The van der Waals surface area contributed by atoms with Crippen LogP contribution in [0.5, 0.6) is 11.5 Å². The summed E-state index contributed by atoms with van der Waals surface area (Å²) in [4.78, 5) is 10.6. The highest BCUT2D eigenvalue weighted by Gasteiger charge is 2.16. The summed E-state index contributed by atoms with van der Waals surface area (Å²) in [5.41, 5.74) is 1.75. The molecule has 0 bridgehead atoms. The van der Waals surface area contributed by atoms with Crippen molar-refractivity contribution in [1.82, 2.24) is 0 Å². The summed E-state index contributed by atoms with van der Waals surface area (Å²) in [7, 11) is 0. The Labute approximate surface area is 130 Å². The van der Waals surface area contributed by atoms with E-state index in [0.29, 0.717) is 18.3 Å². The van der Waals surface area contributed by atoms with Crippen LogP contribution in [0.25, 0.3) is 0 Å². The molecule has 0 saturated heterocycles. The van der Waals surface area contributed by atoms with Gasteiger partial charge in [0.1, 0.15) is 24.4 Å². The van der Waals surface area contributed by atoms with Crippen molar-refractivity contribution in [3.63, 3.8) is 0 Å². The van der Waals surface area contributed by atoms with Crippen LogP contribution in [0.4, 0.5) is 0 Å². The summed E-state index contributed by atoms with van der Waals surface area (Å²) in [6.07, 6.45) is 6.10. The summed E-state index contributed by atoms with van der Waals surface area (Å²) >= 11 is 0. The Morgan fingerprint density at radius 1 is 0.909 bits per heavy atom. The number of ether oxygens (including phenoxy) is 2. The zero-order valence-electron chi connectivity index (χ0n) is 12.5. The minimum Gasteiger partial charge on any atom is -0.490 e. The molecule has 0 unspecified atom stereocenters. The van der Waals surface area contributed by atoms with Gasteiger partial charge in [-0.25, -0.2) is 0 Å². The summed E-state index contributed by atoms with van der Waals surface area (Å²) in [6, 6.07) is 15.2. The van der Waals surface area contributed by atoms with Gasteiger partial charge in [-0.2, -0.15) is 0 Å². The fourth-order valence-electron chi connectivity index (χ4n) is 2.67. The maximum atomic E-state index is 10.6. The van der Waals surface area contributed by atoms with E-state index in [-0.39, 0.29) is 0 Å². The van der Waals surface area contributed by atoms with Crippen LogP contribution < -0.4 is 9.47 Å². The summed E-state index contributed by atoms with van der Waals surface area (Å²) in [5.74, 6) is 1.70. The van der Waals surface area contributed by atoms with E-state index in [1.807, 2.05) is 24.3 Å². The number of benzene rings is 2. The van der Waals surface area contributed by atoms with E-state index < -0.39 is 0 Å². The fraction of sp³-hybridized carbons (Fsp3) is 0.316. The highest BCUT2D eigenvalue weighted by molar-refractivity contribution is 5.74. The minimum absolute atomic E-state index is 0.387. The number of carbonyl (C=O) groups is 1. The maximum absolute atomic E-state index is 10.6. The number of rotatable bonds is 6. The second kappa shape index (κ2) is 7.12. The van der Waals surface area contributed by atoms with E-state index in [4.69, 9.17) is 9.47 Å². The Morgan fingerprint density at radius 2 is 1.55 bits per heavy atom. The molecule has 0 aliphatic heterocycles. The molecule has 0 atom stereocenters. The molecule has 2 aromatic carbocycles. The molecule has 1 saturated carbocycles. The molecule has 0 spiro atoms. The number of hydrogen-bond donors (Lipinski definition) is 0. The van der Waals surface area contributed by atoms with Crippen molar-refractivity contribution in [1.29, 1.82) is 0 Å². The van der Waals surface area contributed by atoms with E-state index in [0.717, 1.165) is 23.3 Å². The highest BCUT2D eigenvalue weighted by Crippen LogP contribution is 2.24. The number of aldehydes is 1. The SMILES string of the molecule is O=Cc1ccc(OCc2ccc(OC3CCCC3)cc2)cc1. The first-order valence-electron chi connectivity index (χ1n) is 7.77. The van der Waals surface area contributed by atoms with Crippen LogP contribution in [0, 0.1) is 0 Å². The van der Waals surface area contributed by atoms with Gasteiger partial charge in [0.15, 0.2) is 0 Å². The van der Waals surface area contributed by atoms with Crippen molar-refractivity contribution in [3.8, 4) is 11.5 Å². The molecule has 3 nitrogen and oxygen atoms in total. The predicted molar refractivity (Wildman–Crippen MR) is 85.5 cm³/mol. The van der Waals surface area contributed by atoms with Crippen LogP contribution in [0.1, 0.15) is 41.6 Å². The van der Waals surface area contributed by atoms with Gasteiger partial charge in [-0.3, -0.25) is 4.79 Å². The lowest BCUT2D eigenvalue weighted by molar-refractivity contribution is 0.112. The molecule has 3 heteroatoms. The van der Waals surface area contributed by atoms with Crippen LogP contribution >= 0.6 is 0 Å². The molecular formula is C19H20O3. The predicted octanol–water partition coefficient (Wildman–Crippen LogP) is 4.40. The van der Waals surface area contributed by atoms with E-state index in [9.17, 15) is 4.79 Å². The Kier molecular flexibility index (Phi) is 4.74. The second-order valence-corrected chi connectivity index (χ2v) is 5.64.